The van der Waals surface area contributed by atoms with Gasteiger partial charge >= 0.3 is 18.2 Å². The predicted octanol–water partition coefficient (Wildman–Crippen LogP) is 1.55. The number of aliphatic carboxylic acids is 1. The zero-order valence-electron chi connectivity index (χ0n) is 35.2. The van der Waals surface area contributed by atoms with Crippen LogP contribution in [0.5, 0.6) is 0 Å². The van der Waals surface area contributed by atoms with Gasteiger partial charge in [0.05, 0.1) is 59.3 Å². The topological polar surface area (TPSA) is 267 Å². The van der Waals surface area contributed by atoms with Crippen molar-refractivity contribution in [3.05, 3.63) is 71.8 Å². The van der Waals surface area contributed by atoms with Crippen molar-refractivity contribution in [2.75, 3.05) is 85.6 Å². The number of alkyl carbamates (subject to hydrolysis) is 2. The lowest BCUT2D eigenvalue weighted by Crippen LogP contribution is -2.47. The fraction of sp³-hybridized carbons (Fsp3) is 0.548. The number of carboxylic acid groups (broad SMARTS) is 1. The van der Waals surface area contributed by atoms with Crippen LogP contribution in [0.25, 0.3) is 0 Å². The third-order valence-electron chi connectivity index (χ3n) is 8.36. The van der Waals surface area contributed by atoms with Crippen LogP contribution in [0.1, 0.15) is 56.1 Å². The monoisotopic (exact) mass is 874 g/mol. The summed E-state index contributed by atoms with van der Waals surface area (Å²) in [6.45, 7) is 3.48. The second-order valence-corrected chi connectivity index (χ2v) is 13.4. The highest BCUT2D eigenvalue weighted by molar-refractivity contribution is 5.85. The highest BCUT2D eigenvalue weighted by atomic mass is 16.6. The van der Waals surface area contributed by atoms with Gasteiger partial charge in [0.2, 0.25) is 23.6 Å². The van der Waals surface area contributed by atoms with E-state index < -0.39 is 30.1 Å². The van der Waals surface area contributed by atoms with E-state index in [-0.39, 0.29) is 136 Å². The molecule has 0 heterocycles. The van der Waals surface area contributed by atoms with Gasteiger partial charge in [0, 0.05) is 52.0 Å². The van der Waals surface area contributed by atoms with Crippen molar-refractivity contribution in [2.24, 2.45) is 0 Å². The summed E-state index contributed by atoms with van der Waals surface area (Å²) < 4.78 is 32.2. The summed E-state index contributed by atoms with van der Waals surface area (Å²) in [4.78, 5) is 83.5. The first-order chi connectivity index (χ1) is 30.1. The molecule has 7 N–H and O–H groups in total. The van der Waals surface area contributed by atoms with Crippen LogP contribution in [0.2, 0.25) is 0 Å². The van der Waals surface area contributed by atoms with E-state index in [0.29, 0.717) is 25.8 Å². The zero-order valence-corrected chi connectivity index (χ0v) is 35.2. The molecule has 0 bridgehead atoms. The molecule has 0 spiro atoms. The van der Waals surface area contributed by atoms with Gasteiger partial charge in [0.1, 0.15) is 19.3 Å². The smallest absolute Gasteiger partial charge is 0.408 e. The van der Waals surface area contributed by atoms with Gasteiger partial charge in [0.25, 0.3) is 0 Å². The summed E-state index contributed by atoms with van der Waals surface area (Å²) in [5.41, 5.74) is 1.67. The van der Waals surface area contributed by atoms with E-state index in [1.54, 1.807) is 0 Å². The highest BCUT2D eigenvalue weighted by Gasteiger charge is 2.21. The Morgan fingerprint density at radius 1 is 0.468 bits per heavy atom. The van der Waals surface area contributed by atoms with Crippen LogP contribution in [-0.4, -0.2) is 139 Å². The first kappa shape index (κ1) is 52.3. The molecule has 0 aliphatic heterocycles. The Kier molecular flexibility index (Phi) is 29.4. The van der Waals surface area contributed by atoms with Gasteiger partial charge in [-0.05, 0) is 30.4 Å². The molecule has 0 saturated heterocycles. The molecule has 2 rings (SSSR count). The molecular weight excluding hydrogens is 812 g/mol. The van der Waals surface area contributed by atoms with Gasteiger partial charge in [-0.1, -0.05) is 60.7 Å². The molecule has 2 aromatic carbocycles. The number of hydrogen-bond donors (Lipinski definition) is 7. The number of ether oxygens (including phenoxy) is 6. The van der Waals surface area contributed by atoms with Gasteiger partial charge in [0.15, 0.2) is 0 Å². The minimum atomic E-state index is -1.03. The van der Waals surface area contributed by atoms with Gasteiger partial charge in [-0.15, -0.1) is 0 Å². The molecule has 0 aliphatic rings. The molecule has 0 saturated carbocycles. The van der Waals surface area contributed by atoms with Crippen LogP contribution in [0.4, 0.5) is 9.59 Å². The van der Waals surface area contributed by atoms with E-state index in [2.05, 4.69) is 31.9 Å². The predicted molar refractivity (Wildman–Crippen MR) is 223 cm³/mol. The van der Waals surface area contributed by atoms with Crippen LogP contribution in [0.3, 0.4) is 0 Å². The first-order valence-corrected chi connectivity index (χ1v) is 20.6. The summed E-state index contributed by atoms with van der Waals surface area (Å²) in [6.07, 6.45) is -0.209. The fourth-order valence-corrected chi connectivity index (χ4v) is 5.13. The Morgan fingerprint density at radius 3 is 1.34 bits per heavy atom. The van der Waals surface area contributed by atoms with E-state index in [4.69, 9.17) is 33.5 Å². The van der Waals surface area contributed by atoms with Gasteiger partial charge in [-0.25, -0.2) is 9.59 Å². The second kappa shape index (κ2) is 34.8. The Balaban J connectivity index is 1.48. The molecule has 0 aliphatic carbocycles. The lowest BCUT2D eigenvalue weighted by Gasteiger charge is -2.18. The SMILES string of the molecule is O=C(O)CCC(=O)NCCOCCOCCNC(=O)CCC(=O)NCCOCCOCCNC(=O)C(CCCCNC(=O)OCc1ccccc1)NC(=O)OCc1ccccc1. The molecular formula is C42H62N6O14. The van der Waals surface area contributed by atoms with Crippen LogP contribution >= 0.6 is 0 Å². The number of rotatable bonds is 35. The molecule has 0 fully saturated rings. The number of nitrogens with one attached hydrogen (secondary N) is 6. The quantitative estimate of drug-likeness (QED) is 0.0485. The molecule has 20 heteroatoms. The minimum Gasteiger partial charge on any atom is -0.481 e. The molecule has 1 unspecified atom stereocenters. The Bertz CT molecular complexity index is 1590. The molecule has 6 amide bonds. The van der Waals surface area contributed by atoms with Gasteiger partial charge in [-0.2, -0.15) is 0 Å². The first-order valence-electron chi connectivity index (χ1n) is 20.6. The van der Waals surface area contributed by atoms with Crippen LogP contribution in [-0.2, 0) is 65.6 Å². The lowest BCUT2D eigenvalue weighted by molar-refractivity contribution is -0.138. The van der Waals surface area contributed by atoms with Crippen molar-refractivity contribution in [1.29, 1.82) is 0 Å². The summed E-state index contributed by atoms with van der Waals surface area (Å²) >= 11 is 0. The molecule has 62 heavy (non-hydrogen) atoms. The average Bonchev–Trinajstić information content (AvgIpc) is 3.27. The Labute approximate surface area is 361 Å². The molecule has 20 nitrogen and oxygen atoms in total. The summed E-state index contributed by atoms with van der Waals surface area (Å²) in [5, 5.41) is 24.5. The number of hydrogen-bond acceptors (Lipinski definition) is 13. The van der Waals surface area contributed by atoms with E-state index in [1.807, 2.05) is 60.7 Å². The number of unbranched alkanes of at least 4 members (excludes halogenated alkanes) is 1. The number of amides is 6. The maximum absolute atomic E-state index is 13.0. The summed E-state index contributed by atoms with van der Waals surface area (Å²) in [5.74, 6) is -2.39. The van der Waals surface area contributed by atoms with Gasteiger partial charge in [-0.3, -0.25) is 24.0 Å². The third kappa shape index (κ3) is 29.4. The van der Waals surface area contributed by atoms with E-state index in [1.165, 1.54) is 0 Å². The third-order valence-corrected chi connectivity index (χ3v) is 8.36. The Morgan fingerprint density at radius 2 is 0.887 bits per heavy atom. The molecule has 1 atom stereocenters. The van der Waals surface area contributed by atoms with Gasteiger partial charge < -0.3 is 65.4 Å². The second-order valence-electron chi connectivity index (χ2n) is 13.4. The molecule has 0 radical (unpaired) electrons. The standard InChI is InChI=1S/C42H62N6O14/c49-36(43-19-23-57-27-28-59-25-21-45-38(51)16-17-39(52)53)14-15-37(50)44-20-24-58-29-30-60-26-22-46-40(54)35(48-42(56)62-32-34-11-5-2-6-12-34)13-7-8-18-47-41(55)61-31-33-9-3-1-4-10-33/h1-6,9-12,35H,7-8,13-32H2,(H,43,49)(H,44,50)(H,45,51)(H,46,54)(H,47,55)(H,48,56)(H,52,53). The zero-order chi connectivity index (χ0) is 44.9. The largest absolute Gasteiger partial charge is 0.481 e. The van der Waals surface area contributed by atoms with Crippen LogP contribution < -0.4 is 31.9 Å². The summed E-state index contributed by atoms with van der Waals surface area (Å²) in [7, 11) is 0. The Hall–Kier alpha value is -5.83. The van der Waals surface area contributed by atoms with Crippen molar-refractivity contribution in [3.8, 4) is 0 Å². The number of carbonyl (C=O) groups is 7. The molecule has 2 aromatic rings. The van der Waals surface area contributed by atoms with E-state index >= 15 is 0 Å². The fourth-order valence-electron chi connectivity index (χ4n) is 5.13. The minimum absolute atomic E-state index is 0.0106. The number of benzene rings is 2. The maximum Gasteiger partial charge on any atom is 0.408 e. The normalized spacial score (nSPS) is 11.1. The van der Waals surface area contributed by atoms with Crippen molar-refractivity contribution in [2.45, 2.75) is 64.2 Å². The van der Waals surface area contributed by atoms with Crippen molar-refractivity contribution in [3.63, 3.8) is 0 Å². The van der Waals surface area contributed by atoms with E-state index in [9.17, 15) is 33.6 Å². The number of carboxylic acids is 1. The maximum atomic E-state index is 13.0. The lowest BCUT2D eigenvalue weighted by atomic mass is 10.1. The highest BCUT2D eigenvalue weighted by Crippen LogP contribution is 2.05. The van der Waals surface area contributed by atoms with Crippen LogP contribution in [0.15, 0.2) is 60.7 Å². The molecule has 344 valence electrons. The van der Waals surface area contributed by atoms with Crippen LogP contribution in [0, 0.1) is 0 Å². The average molecular weight is 875 g/mol. The van der Waals surface area contributed by atoms with E-state index in [0.717, 1.165) is 11.1 Å². The van der Waals surface area contributed by atoms with Crippen molar-refractivity contribution in [1.82, 2.24) is 31.9 Å². The van der Waals surface area contributed by atoms with Crippen molar-refractivity contribution >= 4 is 41.8 Å². The summed E-state index contributed by atoms with van der Waals surface area (Å²) in [6, 6.07) is 17.6. The molecule has 0 aromatic heterocycles. The number of carbonyl (C=O) groups excluding carboxylic acids is 6. The van der Waals surface area contributed by atoms with Crippen molar-refractivity contribution < 1.29 is 67.1 Å².